The Kier molecular flexibility index (Phi) is 4.62. The van der Waals surface area contributed by atoms with E-state index in [2.05, 4.69) is 4.72 Å². The monoisotopic (exact) mass is 212 g/mol. The lowest BCUT2D eigenvalue weighted by Gasteiger charge is -2.03. The largest absolute Gasteiger partial charge is 0.399 e. The molecule has 14 heavy (non-hydrogen) atoms. The third kappa shape index (κ3) is 3.89. The summed E-state index contributed by atoms with van der Waals surface area (Å²) >= 11 is 0. The van der Waals surface area contributed by atoms with E-state index in [0.717, 1.165) is 24.2 Å². The Hall–Kier alpha value is -0.870. The van der Waals surface area contributed by atoms with Crippen LogP contribution in [0.1, 0.15) is 18.9 Å². The Morgan fingerprint density at radius 2 is 2.00 bits per heavy atom. The average molecular weight is 212 g/mol. The Bertz CT molecular complexity index is 297. The van der Waals surface area contributed by atoms with E-state index >= 15 is 0 Å². The molecule has 0 saturated carbocycles. The molecule has 4 heteroatoms. The summed E-state index contributed by atoms with van der Waals surface area (Å²) < 4.78 is 14.4. The van der Waals surface area contributed by atoms with Gasteiger partial charge in [0.2, 0.25) is 0 Å². The first-order valence-electron chi connectivity index (χ1n) is 4.68. The molecular weight excluding hydrogens is 196 g/mol. The highest BCUT2D eigenvalue weighted by Crippen LogP contribution is 2.06. The molecule has 0 radical (unpaired) electrons. The van der Waals surface area contributed by atoms with Crippen LogP contribution >= 0.6 is 0 Å². The van der Waals surface area contributed by atoms with Gasteiger partial charge in [-0.2, -0.15) is 0 Å². The minimum Gasteiger partial charge on any atom is -0.399 e. The lowest BCUT2D eigenvalue weighted by Crippen LogP contribution is -2.19. The normalized spacial score (nSPS) is 12.6. The second-order valence-corrected chi connectivity index (χ2v) is 4.39. The van der Waals surface area contributed by atoms with E-state index in [1.165, 1.54) is 0 Å². The van der Waals surface area contributed by atoms with Crippen LogP contribution in [0.3, 0.4) is 0 Å². The van der Waals surface area contributed by atoms with Crippen molar-refractivity contribution in [1.29, 1.82) is 0 Å². The molecule has 1 atom stereocenters. The maximum Gasteiger partial charge on any atom is 0.0960 e. The summed E-state index contributed by atoms with van der Waals surface area (Å²) in [6.45, 7) is 2.84. The predicted octanol–water partition coefficient (Wildman–Crippen LogP) is 1.43. The maximum atomic E-state index is 11.4. The SMILES string of the molecule is CCCNS(=O)Cc1ccc(N)cc1. The number of nitrogens with two attached hydrogens (primary N) is 1. The third-order valence-corrected chi connectivity index (χ3v) is 2.91. The Morgan fingerprint density at radius 1 is 1.36 bits per heavy atom. The summed E-state index contributed by atoms with van der Waals surface area (Å²) in [5, 5.41) is 0. The zero-order valence-electron chi connectivity index (χ0n) is 8.32. The number of anilines is 1. The first-order valence-corrected chi connectivity index (χ1v) is 6.00. The van der Waals surface area contributed by atoms with Gasteiger partial charge in [0.1, 0.15) is 0 Å². The Labute approximate surface area is 87.3 Å². The van der Waals surface area contributed by atoms with Gasteiger partial charge in [0.05, 0.1) is 16.7 Å². The van der Waals surface area contributed by atoms with E-state index in [4.69, 9.17) is 5.73 Å². The molecule has 1 aromatic carbocycles. The highest BCUT2D eigenvalue weighted by molar-refractivity contribution is 7.82. The van der Waals surface area contributed by atoms with Gasteiger partial charge in [0.25, 0.3) is 0 Å². The molecule has 0 aromatic heterocycles. The van der Waals surface area contributed by atoms with E-state index in [0.29, 0.717) is 5.75 Å². The summed E-state index contributed by atoms with van der Waals surface area (Å²) in [6.07, 6.45) is 0.994. The molecule has 1 aromatic rings. The number of nitrogens with one attached hydrogen (secondary N) is 1. The summed E-state index contributed by atoms with van der Waals surface area (Å²) in [6, 6.07) is 7.46. The second-order valence-electron chi connectivity index (χ2n) is 3.13. The zero-order valence-corrected chi connectivity index (χ0v) is 9.14. The van der Waals surface area contributed by atoms with Gasteiger partial charge >= 0.3 is 0 Å². The van der Waals surface area contributed by atoms with Crippen molar-refractivity contribution in [2.75, 3.05) is 12.3 Å². The van der Waals surface area contributed by atoms with Crippen LogP contribution in [0.15, 0.2) is 24.3 Å². The smallest absolute Gasteiger partial charge is 0.0960 e. The van der Waals surface area contributed by atoms with E-state index < -0.39 is 11.0 Å². The van der Waals surface area contributed by atoms with Crippen molar-refractivity contribution in [1.82, 2.24) is 4.72 Å². The fourth-order valence-corrected chi connectivity index (χ4v) is 2.06. The van der Waals surface area contributed by atoms with Crippen molar-refractivity contribution in [2.45, 2.75) is 19.1 Å². The highest BCUT2D eigenvalue weighted by atomic mass is 32.2. The van der Waals surface area contributed by atoms with Gasteiger partial charge in [-0.25, -0.2) is 8.93 Å². The van der Waals surface area contributed by atoms with Crippen LogP contribution in [0, 0.1) is 0 Å². The average Bonchev–Trinajstić information content (AvgIpc) is 2.18. The van der Waals surface area contributed by atoms with Crippen LogP contribution in [0.2, 0.25) is 0 Å². The number of benzene rings is 1. The quantitative estimate of drug-likeness (QED) is 0.725. The van der Waals surface area contributed by atoms with Gasteiger partial charge < -0.3 is 5.73 Å². The highest BCUT2D eigenvalue weighted by Gasteiger charge is 1.99. The maximum absolute atomic E-state index is 11.4. The van der Waals surface area contributed by atoms with E-state index in [-0.39, 0.29) is 0 Å². The summed E-state index contributed by atoms with van der Waals surface area (Å²) in [4.78, 5) is 0. The molecule has 0 aliphatic heterocycles. The number of hydrogen-bond acceptors (Lipinski definition) is 2. The van der Waals surface area contributed by atoms with Crippen molar-refractivity contribution >= 4 is 16.7 Å². The first kappa shape index (κ1) is 11.2. The van der Waals surface area contributed by atoms with E-state index in [9.17, 15) is 4.21 Å². The van der Waals surface area contributed by atoms with E-state index in [1.54, 1.807) is 0 Å². The van der Waals surface area contributed by atoms with Gasteiger partial charge in [-0.3, -0.25) is 0 Å². The first-order chi connectivity index (χ1) is 6.72. The molecule has 0 aliphatic carbocycles. The van der Waals surface area contributed by atoms with Gasteiger partial charge in [-0.1, -0.05) is 19.1 Å². The van der Waals surface area contributed by atoms with Crippen LogP contribution in [0.25, 0.3) is 0 Å². The van der Waals surface area contributed by atoms with Crippen molar-refractivity contribution in [3.8, 4) is 0 Å². The van der Waals surface area contributed by atoms with Crippen molar-refractivity contribution in [2.24, 2.45) is 0 Å². The van der Waals surface area contributed by atoms with Crippen molar-refractivity contribution in [3.05, 3.63) is 29.8 Å². The predicted molar refractivity (Wildman–Crippen MR) is 61.0 cm³/mol. The molecule has 0 saturated heterocycles. The summed E-state index contributed by atoms with van der Waals surface area (Å²) in [5.74, 6) is 0.542. The molecule has 0 amide bonds. The molecule has 0 spiro atoms. The van der Waals surface area contributed by atoms with Crippen LogP contribution in [0.5, 0.6) is 0 Å². The molecule has 1 rings (SSSR count). The topological polar surface area (TPSA) is 55.1 Å². The molecule has 3 N–H and O–H groups in total. The molecule has 0 fully saturated rings. The molecule has 0 aliphatic rings. The number of hydrogen-bond donors (Lipinski definition) is 2. The van der Waals surface area contributed by atoms with Crippen LogP contribution < -0.4 is 10.5 Å². The lowest BCUT2D eigenvalue weighted by molar-refractivity contribution is 0.670. The van der Waals surface area contributed by atoms with Gasteiger partial charge in [-0.05, 0) is 24.1 Å². The molecule has 3 nitrogen and oxygen atoms in total. The van der Waals surface area contributed by atoms with Gasteiger partial charge in [-0.15, -0.1) is 0 Å². The van der Waals surface area contributed by atoms with Crippen LogP contribution in [-0.2, 0) is 16.7 Å². The lowest BCUT2D eigenvalue weighted by atomic mass is 10.2. The molecular formula is C10H16N2OS. The summed E-state index contributed by atoms with van der Waals surface area (Å²) in [5.41, 5.74) is 7.33. The molecule has 1 unspecified atom stereocenters. The minimum atomic E-state index is -0.968. The Morgan fingerprint density at radius 3 is 2.57 bits per heavy atom. The van der Waals surface area contributed by atoms with Gasteiger partial charge in [0.15, 0.2) is 0 Å². The standard InChI is InChI=1S/C10H16N2OS/c1-2-7-12-14(13)8-9-3-5-10(11)6-4-9/h3-6,12H,2,7-8,11H2,1H3. The number of rotatable bonds is 5. The van der Waals surface area contributed by atoms with Gasteiger partial charge in [0, 0.05) is 12.2 Å². The third-order valence-electron chi connectivity index (χ3n) is 1.79. The fraction of sp³-hybridized carbons (Fsp3) is 0.400. The number of nitrogen functional groups attached to an aromatic ring is 1. The van der Waals surface area contributed by atoms with Crippen molar-refractivity contribution < 1.29 is 4.21 Å². The fourth-order valence-electron chi connectivity index (χ4n) is 1.03. The van der Waals surface area contributed by atoms with Crippen LogP contribution in [0.4, 0.5) is 5.69 Å². The Balaban J connectivity index is 2.44. The minimum absolute atomic E-state index is 0.542. The molecule has 0 heterocycles. The summed E-state index contributed by atoms with van der Waals surface area (Å²) in [7, 11) is -0.968. The molecule has 78 valence electrons. The molecule has 0 bridgehead atoms. The second kappa shape index (κ2) is 5.78. The zero-order chi connectivity index (χ0) is 10.4. The van der Waals surface area contributed by atoms with E-state index in [1.807, 2.05) is 31.2 Å². The van der Waals surface area contributed by atoms with Crippen molar-refractivity contribution in [3.63, 3.8) is 0 Å². The van der Waals surface area contributed by atoms with Crippen LogP contribution in [-0.4, -0.2) is 10.8 Å².